The van der Waals surface area contributed by atoms with Crippen molar-refractivity contribution in [2.24, 2.45) is 5.92 Å². The van der Waals surface area contributed by atoms with Gasteiger partial charge < -0.3 is 14.4 Å². The summed E-state index contributed by atoms with van der Waals surface area (Å²) in [6, 6.07) is 12.2. The number of carbonyl (C=O) groups is 2. The van der Waals surface area contributed by atoms with E-state index in [1.807, 2.05) is 12.1 Å². The number of methoxy groups -OCH3 is 1. The van der Waals surface area contributed by atoms with Crippen molar-refractivity contribution < 1.29 is 19.1 Å². The van der Waals surface area contributed by atoms with Crippen molar-refractivity contribution in [1.82, 2.24) is 9.88 Å². The molecule has 0 spiro atoms. The number of ether oxygens (including phenoxy) is 2. The highest BCUT2D eigenvalue weighted by atomic mass is 35.5. The number of esters is 1. The predicted molar refractivity (Wildman–Crippen MR) is 97.8 cm³/mol. The Balaban J connectivity index is 2.04. The number of carbonyl (C=O) groups excluding carboxylic acids is 2. The van der Waals surface area contributed by atoms with Crippen molar-refractivity contribution >= 4 is 23.5 Å². The van der Waals surface area contributed by atoms with Gasteiger partial charge in [0.25, 0.3) is 5.91 Å². The molecule has 0 saturated carbocycles. The SMILES string of the molecule is COC(=O)C(C)CN(Cc1ccccn1)C(=O)COc1ccc(Cl)cc1. The summed E-state index contributed by atoms with van der Waals surface area (Å²) < 4.78 is 10.3. The zero-order chi connectivity index (χ0) is 18.9. The summed E-state index contributed by atoms with van der Waals surface area (Å²) in [5, 5.41) is 0.590. The normalized spacial score (nSPS) is 11.5. The number of nitrogens with zero attached hydrogens (tertiary/aromatic N) is 2. The van der Waals surface area contributed by atoms with Crippen molar-refractivity contribution in [2.45, 2.75) is 13.5 Å². The molecule has 26 heavy (non-hydrogen) atoms. The second-order valence-corrected chi connectivity index (χ2v) is 6.20. The Labute approximate surface area is 157 Å². The van der Waals surface area contributed by atoms with Crippen LogP contribution in [0.25, 0.3) is 0 Å². The number of rotatable bonds is 8. The molecule has 0 bridgehead atoms. The Bertz CT molecular complexity index is 722. The van der Waals surface area contributed by atoms with Crippen LogP contribution in [-0.4, -0.2) is 42.0 Å². The van der Waals surface area contributed by atoms with E-state index in [1.54, 1.807) is 48.4 Å². The van der Waals surface area contributed by atoms with Gasteiger partial charge in [0.2, 0.25) is 0 Å². The van der Waals surface area contributed by atoms with Crippen LogP contribution in [0.5, 0.6) is 5.75 Å². The second-order valence-electron chi connectivity index (χ2n) is 5.76. The molecule has 1 aromatic heterocycles. The third kappa shape index (κ3) is 6.04. The molecular formula is C19H21ClN2O4. The minimum Gasteiger partial charge on any atom is -0.484 e. The Morgan fingerprint density at radius 3 is 2.54 bits per heavy atom. The Morgan fingerprint density at radius 2 is 1.92 bits per heavy atom. The van der Waals surface area contributed by atoms with Gasteiger partial charge in [-0.3, -0.25) is 14.6 Å². The summed E-state index contributed by atoms with van der Waals surface area (Å²) in [6.07, 6.45) is 1.66. The molecule has 0 fully saturated rings. The molecule has 0 radical (unpaired) electrons. The Hall–Kier alpha value is -2.60. The topological polar surface area (TPSA) is 68.7 Å². The Morgan fingerprint density at radius 1 is 1.19 bits per heavy atom. The highest BCUT2D eigenvalue weighted by Crippen LogP contribution is 2.16. The first-order chi connectivity index (χ1) is 12.5. The van der Waals surface area contributed by atoms with Crippen molar-refractivity contribution in [1.29, 1.82) is 0 Å². The second kappa shape index (κ2) is 9.77. The van der Waals surface area contributed by atoms with Crippen LogP contribution >= 0.6 is 11.6 Å². The van der Waals surface area contributed by atoms with E-state index in [0.717, 1.165) is 5.69 Å². The summed E-state index contributed by atoms with van der Waals surface area (Å²) in [5.74, 6) is -0.534. The van der Waals surface area contributed by atoms with Crippen molar-refractivity contribution in [3.05, 3.63) is 59.4 Å². The maximum atomic E-state index is 12.6. The third-order valence-corrected chi connectivity index (χ3v) is 3.96. The van der Waals surface area contributed by atoms with E-state index in [1.165, 1.54) is 7.11 Å². The number of aromatic nitrogens is 1. The molecule has 1 heterocycles. The molecule has 0 saturated heterocycles. The molecule has 0 aliphatic rings. The van der Waals surface area contributed by atoms with Crippen LogP contribution in [0.4, 0.5) is 0 Å². The highest BCUT2D eigenvalue weighted by molar-refractivity contribution is 6.30. The molecule has 0 aliphatic carbocycles. The summed E-state index contributed by atoms with van der Waals surface area (Å²) in [4.78, 5) is 30.1. The largest absolute Gasteiger partial charge is 0.484 e. The van der Waals surface area contributed by atoms with Crippen LogP contribution in [0.3, 0.4) is 0 Å². The lowest BCUT2D eigenvalue weighted by Crippen LogP contribution is -2.39. The first kappa shape index (κ1) is 19.7. The number of benzene rings is 1. The minimum atomic E-state index is -0.455. The van der Waals surface area contributed by atoms with Gasteiger partial charge in [-0.05, 0) is 36.4 Å². The van der Waals surface area contributed by atoms with Gasteiger partial charge in [0.05, 0.1) is 25.3 Å². The fourth-order valence-electron chi connectivity index (χ4n) is 2.32. The first-order valence-electron chi connectivity index (χ1n) is 8.13. The van der Waals surface area contributed by atoms with E-state index in [4.69, 9.17) is 21.1 Å². The summed E-state index contributed by atoms with van der Waals surface area (Å²) >= 11 is 5.83. The molecule has 0 N–H and O–H groups in total. The zero-order valence-electron chi connectivity index (χ0n) is 14.7. The molecule has 1 atom stereocenters. The molecule has 1 unspecified atom stereocenters. The quantitative estimate of drug-likeness (QED) is 0.662. The van der Waals surface area contributed by atoms with Gasteiger partial charge in [0.1, 0.15) is 5.75 Å². The van der Waals surface area contributed by atoms with Crippen LogP contribution in [0.15, 0.2) is 48.7 Å². The van der Waals surface area contributed by atoms with Gasteiger partial charge in [-0.25, -0.2) is 0 Å². The molecule has 2 rings (SSSR count). The lowest BCUT2D eigenvalue weighted by atomic mass is 10.1. The standard InChI is InChI=1S/C19H21ClN2O4/c1-14(19(24)25-2)11-22(12-16-5-3-4-10-21-16)18(23)13-26-17-8-6-15(20)7-9-17/h3-10,14H,11-13H2,1-2H3. The van der Waals surface area contributed by atoms with Gasteiger partial charge in [-0.15, -0.1) is 0 Å². The Kier molecular flexibility index (Phi) is 7.41. The maximum absolute atomic E-state index is 12.6. The number of hydrogen-bond donors (Lipinski definition) is 0. The van der Waals surface area contributed by atoms with Crippen molar-refractivity contribution in [3.8, 4) is 5.75 Å². The van der Waals surface area contributed by atoms with E-state index in [9.17, 15) is 9.59 Å². The van der Waals surface area contributed by atoms with Gasteiger partial charge in [0.15, 0.2) is 6.61 Å². The van der Waals surface area contributed by atoms with Gasteiger partial charge in [-0.1, -0.05) is 24.6 Å². The number of pyridine rings is 1. The van der Waals surface area contributed by atoms with E-state index < -0.39 is 5.92 Å². The fourth-order valence-corrected chi connectivity index (χ4v) is 2.44. The number of amides is 1. The summed E-state index contributed by atoms with van der Waals surface area (Å²) in [7, 11) is 1.33. The van der Waals surface area contributed by atoms with Crippen molar-refractivity contribution in [3.63, 3.8) is 0 Å². The molecule has 6 nitrogen and oxygen atoms in total. The van der Waals surface area contributed by atoms with Gasteiger partial charge >= 0.3 is 5.97 Å². The maximum Gasteiger partial charge on any atom is 0.310 e. The predicted octanol–water partition coefficient (Wildman–Crippen LogP) is 2.95. The van der Waals surface area contributed by atoms with Crippen LogP contribution < -0.4 is 4.74 Å². The van der Waals surface area contributed by atoms with E-state index in [-0.39, 0.29) is 31.6 Å². The average Bonchev–Trinajstić information content (AvgIpc) is 2.66. The van der Waals surface area contributed by atoms with Crippen LogP contribution in [0.1, 0.15) is 12.6 Å². The minimum absolute atomic E-state index is 0.150. The zero-order valence-corrected chi connectivity index (χ0v) is 15.5. The number of halogens is 1. The number of hydrogen-bond acceptors (Lipinski definition) is 5. The van der Waals surface area contributed by atoms with Gasteiger partial charge in [0, 0.05) is 17.8 Å². The smallest absolute Gasteiger partial charge is 0.310 e. The lowest BCUT2D eigenvalue weighted by molar-refractivity contribution is -0.147. The monoisotopic (exact) mass is 376 g/mol. The molecule has 138 valence electrons. The van der Waals surface area contributed by atoms with E-state index in [0.29, 0.717) is 10.8 Å². The van der Waals surface area contributed by atoms with Crippen LogP contribution in [0.2, 0.25) is 5.02 Å². The molecule has 1 amide bonds. The summed E-state index contributed by atoms with van der Waals surface area (Å²) in [5.41, 5.74) is 0.726. The molecular weight excluding hydrogens is 356 g/mol. The summed E-state index contributed by atoms with van der Waals surface area (Å²) in [6.45, 7) is 2.06. The molecule has 0 aliphatic heterocycles. The average molecular weight is 377 g/mol. The molecule has 7 heteroatoms. The molecule has 1 aromatic carbocycles. The van der Waals surface area contributed by atoms with Gasteiger partial charge in [-0.2, -0.15) is 0 Å². The van der Waals surface area contributed by atoms with E-state index in [2.05, 4.69) is 4.98 Å². The van der Waals surface area contributed by atoms with Crippen LogP contribution in [-0.2, 0) is 20.9 Å². The van der Waals surface area contributed by atoms with Crippen molar-refractivity contribution in [2.75, 3.05) is 20.3 Å². The fraction of sp³-hybridized carbons (Fsp3) is 0.316. The molecule has 2 aromatic rings. The van der Waals surface area contributed by atoms with Crippen LogP contribution in [0, 0.1) is 5.92 Å². The first-order valence-corrected chi connectivity index (χ1v) is 8.51. The van der Waals surface area contributed by atoms with E-state index >= 15 is 0 Å². The highest BCUT2D eigenvalue weighted by Gasteiger charge is 2.22. The third-order valence-electron chi connectivity index (χ3n) is 3.71. The lowest BCUT2D eigenvalue weighted by Gasteiger charge is -2.25.